The molecule has 1 heterocycles. The number of carboxylic acids is 2. The number of para-hydroxylation sites is 1. The van der Waals surface area contributed by atoms with Crippen LogP contribution < -0.4 is 20.9 Å². The van der Waals surface area contributed by atoms with Crippen molar-refractivity contribution in [1.82, 2.24) is 4.90 Å². The van der Waals surface area contributed by atoms with Crippen LogP contribution in [-0.4, -0.2) is 81.5 Å². The van der Waals surface area contributed by atoms with E-state index < -0.39 is 35.7 Å². The van der Waals surface area contributed by atoms with Gasteiger partial charge in [0.1, 0.15) is 5.75 Å². The van der Waals surface area contributed by atoms with E-state index in [1.54, 1.807) is 24.3 Å². The second-order valence-electron chi connectivity index (χ2n) is 12.0. The summed E-state index contributed by atoms with van der Waals surface area (Å²) in [6.45, 7) is 2.50. The largest absolute Gasteiger partial charge is 0.508 e. The number of nitrogens with zero attached hydrogens (tertiary/aromatic N) is 3. The summed E-state index contributed by atoms with van der Waals surface area (Å²) in [4.78, 5) is 79.3. The van der Waals surface area contributed by atoms with Crippen LogP contribution in [0.1, 0.15) is 61.4 Å². The van der Waals surface area contributed by atoms with Gasteiger partial charge in [0.2, 0.25) is 17.7 Å². The number of benzene rings is 3. The third kappa shape index (κ3) is 9.44. The summed E-state index contributed by atoms with van der Waals surface area (Å²) < 4.78 is 0. The molecule has 1 fully saturated rings. The average molecular weight is 688 g/mol. The number of aromatic hydroxyl groups is 1. The van der Waals surface area contributed by atoms with Gasteiger partial charge >= 0.3 is 17.8 Å². The van der Waals surface area contributed by atoms with Crippen molar-refractivity contribution in [2.75, 3.05) is 34.8 Å². The van der Waals surface area contributed by atoms with E-state index >= 15 is 0 Å². The van der Waals surface area contributed by atoms with Gasteiger partial charge in [0.05, 0.1) is 28.7 Å². The lowest BCUT2D eigenvalue weighted by Gasteiger charge is -2.34. The van der Waals surface area contributed by atoms with Gasteiger partial charge in [0, 0.05) is 44.7 Å². The molecule has 1 saturated heterocycles. The molecule has 0 aliphatic carbocycles. The van der Waals surface area contributed by atoms with Crippen molar-refractivity contribution >= 4 is 58.3 Å². The molecular formula is C36H41N5O9. The highest BCUT2D eigenvalue weighted by atomic mass is 16.4. The third-order valence-corrected chi connectivity index (χ3v) is 8.32. The van der Waals surface area contributed by atoms with Crippen molar-refractivity contribution in [3.63, 3.8) is 0 Å². The summed E-state index contributed by atoms with van der Waals surface area (Å²) in [5, 5.41) is 31.8. The summed E-state index contributed by atoms with van der Waals surface area (Å²) in [6.07, 6.45) is 3.53. The molecule has 0 saturated carbocycles. The van der Waals surface area contributed by atoms with Gasteiger partial charge in [0.25, 0.3) is 0 Å². The molecule has 0 bridgehead atoms. The number of piperidine rings is 1. The molecule has 14 heteroatoms. The van der Waals surface area contributed by atoms with Crippen molar-refractivity contribution in [2.24, 2.45) is 5.73 Å². The van der Waals surface area contributed by atoms with E-state index in [1.807, 2.05) is 4.90 Å². The lowest BCUT2D eigenvalue weighted by molar-refractivity contribution is -0.148. The number of carbonyl (C=O) groups excluding carboxylic acids is 4. The maximum absolute atomic E-state index is 13.4. The zero-order valence-electron chi connectivity index (χ0n) is 27.7. The minimum absolute atomic E-state index is 0.00858. The van der Waals surface area contributed by atoms with Crippen molar-refractivity contribution in [1.29, 1.82) is 0 Å². The normalized spacial score (nSPS) is 13.2. The molecule has 4 rings (SSSR count). The van der Waals surface area contributed by atoms with Gasteiger partial charge in [0.15, 0.2) is 0 Å². The number of aromatic carboxylic acids is 1. The smallest absolute Gasteiger partial charge is 0.395 e. The average Bonchev–Trinajstić information content (AvgIpc) is 3.08. The maximum Gasteiger partial charge on any atom is 0.395 e. The second kappa shape index (κ2) is 17.1. The predicted molar refractivity (Wildman–Crippen MR) is 185 cm³/mol. The molecule has 1 unspecified atom stereocenters. The minimum Gasteiger partial charge on any atom is -0.508 e. The fourth-order valence-electron chi connectivity index (χ4n) is 5.89. The molecule has 1 aliphatic heterocycles. The molecule has 0 radical (unpaired) electrons. The van der Waals surface area contributed by atoms with Crippen molar-refractivity contribution < 1.29 is 44.1 Å². The summed E-state index contributed by atoms with van der Waals surface area (Å²) in [7, 11) is 0. The van der Waals surface area contributed by atoms with E-state index in [0.29, 0.717) is 42.9 Å². The zero-order valence-corrected chi connectivity index (χ0v) is 27.7. The van der Waals surface area contributed by atoms with Gasteiger partial charge in [-0.1, -0.05) is 24.3 Å². The second-order valence-corrected chi connectivity index (χ2v) is 12.0. The van der Waals surface area contributed by atoms with Gasteiger partial charge in [-0.2, -0.15) is 0 Å². The number of rotatable bonds is 13. The number of nitrogens with two attached hydrogens (primary N) is 1. The quantitative estimate of drug-likeness (QED) is 0.129. The van der Waals surface area contributed by atoms with Crippen LogP contribution in [0.4, 0.5) is 22.7 Å². The molecule has 50 heavy (non-hydrogen) atoms. The standard InChI is InChI=1S/C36H41N5O9/c1-23(42)40(19-8-5-14-32(44)38-25-10-9-11-26(43)22-25)33(45)28(37)20-24-15-16-30(31(21-24)39-17-6-2-7-18-39)41(34(46)36(49)50)29-13-4-3-12-27(29)35(47)48/h3-4,9-13,15-16,21-22,28,43H,2,5-8,14,17-20,37H2,1H3,(H,38,44)(H,47,48)(H,49,50). The molecule has 264 valence electrons. The fraction of sp³-hybridized carbons (Fsp3) is 0.333. The highest BCUT2D eigenvalue weighted by Crippen LogP contribution is 2.38. The third-order valence-electron chi connectivity index (χ3n) is 8.32. The van der Waals surface area contributed by atoms with E-state index in [9.17, 15) is 44.1 Å². The Balaban J connectivity index is 1.52. The minimum atomic E-state index is -1.77. The fourth-order valence-corrected chi connectivity index (χ4v) is 5.89. The number of carbonyl (C=O) groups is 6. The zero-order chi connectivity index (χ0) is 36.4. The molecule has 14 nitrogen and oxygen atoms in total. The number of carboxylic acid groups (broad SMARTS) is 2. The summed E-state index contributed by atoms with van der Waals surface area (Å²) in [6, 6.07) is 15.5. The van der Waals surface area contributed by atoms with Crippen LogP contribution in [-0.2, 0) is 30.4 Å². The number of nitrogens with one attached hydrogen (secondary N) is 1. The number of aliphatic carboxylic acids is 1. The highest BCUT2D eigenvalue weighted by Gasteiger charge is 2.32. The lowest BCUT2D eigenvalue weighted by Crippen LogP contribution is -2.47. The molecule has 3 aromatic carbocycles. The SMILES string of the molecule is CC(=O)N(CCCCC(=O)Nc1cccc(O)c1)C(=O)C(N)Cc1ccc(N(C(=O)C(=O)O)c2ccccc2C(=O)O)c(N2CCCCC2)c1. The number of imide groups is 1. The van der Waals surface area contributed by atoms with E-state index in [-0.39, 0.29) is 48.0 Å². The van der Waals surface area contributed by atoms with Gasteiger partial charge < -0.3 is 31.3 Å². The molecule has 3 aromatic rings. The summed E-state index contributed by atoms with van der Waals surface area (Å²) in [5.74, 6) is -5.82. The van der Waals surface area contributed by atoms with Crippen molar-refractivity contribution in [3.8, 4) is 5.75 Å². The molecule has 6 N–H and O–H groups in total. The van der Waals surface area contributed by atoms with Crippen molar-refractivity contribution in [3.05, 3.63) is 77.9 Å². The van der Waals surface area contributed by atoms with Crippen LogP contribution >= 0.6 is 0 Å². The number of phenolic OH excluding ortho intramolecular Hbond substituents is 1. The van der Waals surface area contributed by atoms with Crippen LogP contribution in [0.25, 0.3) is 0 Å². The number of phenols is 1. The van der Waals surface area contributed by atoms with Crippen LogP contribution in [0.5, 0.6) is 5.75 Å². The molecule has 0 aromatic heterocycles. The Morgan fingerprint density at radius 3 is 2.26 bits per heavy atom. The Morgan fingerprint density at radius 2 is 1.60 bits per heavy atom. The van der Waals surface area contributed by atoms with Crippen molar-refractivity contribution in [2.45, 2.75) is 57.9 Å². The van der Waals surface area contributed by atoms with E-state index in [1.165, 1.54) is 49.4 Å². The topological polar surface area (TPSA) is 211 Å². The van der Waals surface area contributed by atoms with Gasteiger partial charge in [-0.15, -0.1) is 0 Å². The van der Waals surface area contributed by atoms with Gasteiger partial charge in [-0.05, 0) is 80.5 Å². The molecule has 4 amide bonds. The lowest BCUT2D eigenvalue weighted by atomic mass is 10.0. The van der Waals surface area contributed by atoms with Crippen LogP contribution in [0.2, 0.25) is 0 Å². The maximum atomic E-state index is 13.4. The number of hydrogen-bond donors (Lipinski definition) is 5. The molecule has 0 spiro atoms. The first-order valence-corrected chi connectivity index (χ1v) is 16.3. The van der Waals surface area contributed by atoms with Crippen LogP contribution in [0, 0.1) is 0 Å². The Bertz CT molecular complexity index is 1760. The van der Waals surface area contributed by atoms with Crippen LogP contribution in [0.15, 0.2) is 66.7 Å². The number of anilines is 4. The number of hydrogen-bond acceptors (Lipinski definition) is 9. The highest BCUT2D eigenvalue weighted by molar-refractivity contribution is 6.40. The summed E-state index contributed by atoms with van der Waals surface area (Å²) in [5.41, 5.74) is 7.64. The molecule has 1 atom stereocenters. The van der Waals surface area contributed by atoms with E-state index in [4.69, 9.17) is 5.73 Å². The predicted octanol–water partition coefficient (Wildman–Crippen LogP) is 3.88. The number of amides is 4. The van der Waals surface area contributed by atoms with Gasteiger partial charge in [-0.3, -0.25) is 29.0 Å². The monoisotopic (exact) mass is 687 g/mol. The molecule has 1 aliphatic rings. The first-order chi connectivity index (χ1) is 23.9. The first kappa shape index (κ1) is 37.1. The first-order valence-electron chi connectivity index (χ1n) is 16.3. The molecular weight excluding hydrogens is 646 g/mol. The van der Waals surface area contributed by atoms with E-state index in [0.717, 1.165) is 29.1 Å². The summed E-state index contributed by atoms with van der Waals surface area (Å²) >= 11 is 0. The van der Waals surface area contributed by atoms with Crippen LogP contribution in [0.3, 0.4) is 0 Å². The number of unbranched alkanes of at least 4 members (excludes halogenated alkanes) is 1. The Hall–Kier alpha value is -5.76. The Labute approximate surface area is 289 Å². The van der Waals surface area contributed by atoms with Gasteiger partial charge in [-0.25, -0.2) is 9.59 Å². The Morgan fingerprint density at radius 1 is 0.880 bits per heavy atom. The van der Waals surface area contributed by atoms with E-state index in [2.05, 4.69) is 5.32 Å². The Kier molecular flexibility index (Phi) is 12.6.